The lowest BCUT2D eigenvalue weighted by atomic mass is 9.93. The van der Waals surface area contributed by atoms with Crippen LogP contribution in [0.25, 0.3) is 0 Å². The number of halogens is 1. The monoisotopic (exact) mass is 324 g/mol. The number of hydrogen-bond acceptors (Lipinski definition) is 3. The first-order valence-corrected chi connectivity index (χ1v) is 6.47. The molecule has 5 nitrogen and oxygen atoms in total. The van der Waals surface area contributed by atoms with E-state index in [1.807, 2.05) is 0 Å². The molecule has 100 valence electrons. The number of carbonyl (C=O) groups excluding carboxylic acids is 2. The second kappa shape index (κ2) is 5.05. The number of aromatic hydroxyl groups is 1. The first-order chi connectivity index (χ1) is 8.90. The summed E-state index contributed by atoms with van der Waals surface area (Å²) in [6, 6.07) is 3.78. The van der Waals surface area contributed by atoms with Gasteiger partial charge >= 0.3 is 6.03 Å². The van der Waals surface area contributed by atoms with E-state index in [9.17, 15) is 14.7 Å². The van der Waals surface area contributed by atoms with Crippen LogP contribution in [0.4, 0.5) is 4.79 Å². The molecule has 0 saturated carbocycles. The second-order valence-electron chi connectivity index (χ2n) is 4.33. The number of Topliss-reactive ketones (excluding diaryl/α,β-unsaturated/α-hetero) is 1. The summed E-state index contributed by atoms with van der Waals surface area (Å²) in [7, 11) is 0. The number of ketones is 1. The maximum absolute atomic E-state index is 11.8. The lowest BCUT2D eigenvalue weighted by Gasteiger charge is -2.28. The van der Waals surface area contributed by atoms with Gasteiger partial charge in [0, 0.05) is 15.7 Å². The Balaban J connectivity index is 2.58. The topological polar surface area (TPSA) is 78.4 Å². The van der Waals surface area contributed by atoms with Crippen molar-refractivity contribution in [1.29, 1.82) is 0 Å². The molecule has 2 amide bonds. The van der Waals surface area contributed by atoms with E-state index < -0.39 is 6.04 Å². The molecule has 3 N–H and O–H groups in total. The highest BCUT2D eigenvalue weighted by atomic mass is 79.9. The number of phenolic OH excluding ortho intramolecular Hbond substituents is 1. The van der Waals surface area contributed by atoms with Gasteiger partial charge in [0.1, 0.15) is 5.75 Å². The van der Waals surface area contributed by atoms with E-state index in [0.717, 1.165) is 0 Å². The molecule has 1 atom stereocenters. The summed E-state index contributed by atoms with van der Waals surface area (Å²) >= 11 is 3.37. The van der Waals surface area contributed by atoms with Gasteiger partial charge in [0.2, 0.25) is 0 Å². The lowest BCUT2D eigenvalue weighted by Crippen LogP contribution is -2.44. The fourth-order valence-electron chi connectivity index (χ4n) is 2.15. The molecule has 1 aliphatic rings. The maximum atomic E-state index is 11.8. The van der Waals surface area contributed by atoms with E-state index in [1.165, 1.54) is 19.1 Å². The molecule has 1 aromatic rings. The molecule has 0 saturated heterocycles. The van der Waals surface area contributed by atoms with Crippen LogP contribution in [0.3, 0.4) is 0 Å². The number of rotatable bonds is 2. The van der Waals surface area contributed by atoms with Gasteiger partial charge in [-0.2, -0.15) is 0 Å². The smallest absolute Gasteiger partial charge is 0.319 e. The third kappa shape index (κ3) is 2.63. The van der Waals surface area contributed by atoms with Crippen LogP contribution in [0.5, 0.6) is 5.75 Å². The summed E-state index contributed by atoms with van der Waals surface area (Å²) in [4.78, 5) is 23.3. The van der Waals surface area contributed by atoms with Gasteiger partial charge in [-0.1, -0.05) is 15.9 Å². The first-order valence-electron chi connectivity index (χ1n) is 5.67. The van der Waals surface area contributed by atoms with Crippen molar-refractivity contribution in [3.63, 3.8) is 0 Å². The Morgan fingerprint density at radius 1 is 1.42 bits per heavy atom. The van der Waals surface area contributed by atoms with Crippen LogP contribution in [-0.4, -0.2) is 16.9 Å². The van der Waals surface area contributed by atoms with Crippen LogP contribution in [-0.2, 0) is 4.79 Å². The van der Waals surface area contributed by atoms with Crippen LogP contribution in [0, 0.1) is 0 Å². The average Bonchev–Trinajstić information content (AvgIpc) is 2.30. The molecule has 1 aliphatic heterocycles. The minimum Gasteiger partial charge on any atom is -0.508 e. The Kier molecular flexibility index (Phi) is 3.61. The van der Waals surface area contributed by atoms with Crippen molar-refractivity contribution in [3.8, 4) is 5.75 Å². The Hall–Kier alpha value is -1.82. The SMILES string of the molecule is CC(=O)C1=C(C)NC(=O)NC1c1cc(O)ccc1Br. The van der Waals surface area contributed by atoms with Crippen molar-refractivity contribution in [1.82, 2.24) is 10.6 Å². The summed E-state index contributed by atoms with van der Waals surface area (Å²) in [5.74, 6) is -0.0585. The molecule has 0 bridgehead atoms. The number of hydrogen-bond donors (Lipinski definition) is 3. The van der Waals surface area contributed by atoms with Gasteiger partial charge in [0.15, 0.2) is 5.78 Å². The van der Waals surface area contributed by atoms with E-state index in [4.69, 9.17) is 0 Å². The van der Waals surface area contributed by atoms with Gasteiger partial charge in [-0.15, -0.1) is 0 Å². The molecule has 1 heterocycles. The molecule has 19 heavy (non-hydrogen) atoms. The zero-order valence-corrected chi connectivity index (χ0v) is 12.0. The van der Waals surface area contributed by atoms with E-state index in [2.05, 4.69) is 26.6 Å². The zero-order valence-electron chi connectivity index (χ0n) is 10.5. The van der Waals surface area contributed by atoms with Crippen LogP contribution >= 0.6 is 15.9 Å². The lowest BCUT2D eigenvalue weighted by molar-refractivity contribution is -0.114. The summed E-state index contributed by atoms with van der Waals surface area (Å²) < 4.78 is 0.712. The minimum atomic E-state index is -0.576. The van der Waals surface area contributed by atoms with Crippen LogP contribution < -0.4 is 10.6 Å². The molecule has 1 unspecified atom stereocenters. The van der Waals surface area contributed by atoms with Gasteiger partial charge < -0.3 is 15.7 Å². The van der Waals surface area contributed by atoms with Crippen molar-refractivity contribution in [2.45, 2.75) is 19.9 Å². The van der Waals surface area contributed by atoms with E-state index in [0.29, 0.717) is 21.3 Å². The summed E-state index contributed by atoms with van der Waals surface area (Å²) in [5.41, 5.74) is 1.64. The van der Waals surface area contributed by atoms with Crippen molar-refractivity contribution in [2.24, 2.45) is 0 Å². The fraction of sp³-hybridized carbons (Fsp3) is 0.231. The Morgan fingerprint density at radius 3 is 2.74 bits per heavy atom. The van der Waals surface area contributed by atoms with Crippen molar-refractivity contribution < 1.29 is 14.7 Å². The predicted octanol–water partition coefficient (Wildman–Crippen LogP) is 2.37. The standard InChI is InChI=1S/C13H13BrN2O3/c1-6-11(7(2)17)12(16-13(19)15-6)9-5-8(18)3-4-10(9)14/h3-5,12,18H,1-2H3,(H2,15,16,19). The van der Waals surface area contributed by atoms with E-state index in [1.54, 1.807) is 13.0 Å². The van der Waals surface area contributed by atoms with Crippen LogP contribution in [0.2, 0.25) is 0 Å². The van der Waals surface area contributed by atoms with E-state index in [-0.39, 0.29) is 17.6 Å². The Morgan fingerprint density at radius 2 is 2.11 bits per heavy atom. The number of nitrogens with one attached hydrogen (secondary N) is 2. The van der Waals surface area contributed by atoms with Gasteiger partial charge in [-0.3, -0.25) is 4.79 Å². The molecule has 0 fully saturated rings. The number of allylic oxidation sites excluding steroid dienone is 1. The van der Waals surface area contributed by atoms with Crippen LogP contribution in [0.1, 0.15) is 25.5 Å². The number of carbonyl (C=O) groups is 2. The molecule has 0 aliphatic carbocycles. The summed E-state index contributed by atoms with van der Waals surface area (Å²) in [5, 5.41) is 14.8. The number of benzene rings is 1. The van der Waals surface area contributed by atoms with Gasteiger partial charge in [0.05, 0.1) is 6.04 Å². The van der Waals surface area contributed by atoms with Gasteiger partial charge in [-0.05, 0) is 37.6 Å². The Labute approximate surface area is 118 Å². The first kappa shape index (κ1) is 13.6. The number of urea groups is 1. The van der Waals surface area contributed by atoms with Gasteiger partial charge in [0.25, 0.3) is 0 Å². The fourth-order valence-corrected chi connectivity index (χ4v) is 2.62. The van der Waals surface area contributed by atoms with Crippen molar-refractivity contribution in [3.05, 3.63) is 39.5 Å². The minimum absolute atomic E-state index is 0.0755. The highest BCUT2D eigenvalue weighted by molar-refractivity contribution is 9.10. The molecule has 0 aromatic heterocycles. The molecule has 6 heteroatoms. The average molecular weight is 325 g/mol. The zero-order chi connectivity index (χ0) is 14.2. The molecular weight excluding hydrogens is 312 g/mol. The summed E-state index contributed by atoms with van der Waals surface area (Å²) in [6.45, 7) is 3.13. The normalized spacial score (nSPS) is 18.9. The Bertz CT molecular complexity index is 596. The van der Waals surface area contributed by atoms with Crippen LogP contribution in [0.15, 0.2) is 33.9 Å². The molecule has 1 aromatic carbocycles. The number of phenols is 1. The van der Waals surface area contributed by atoms with Gasteiger partial charge in [-0.25, -0.2) is 4.79 Å². The van der Waals surface area contributed by atoms with Crippen molar-refractivity contribution >= 4 is 27.7 Å². The highest BCUT2D eigenvalue weighted by Crippen LogP contribution is 2.34. The number of amides is 2. The molecule has 0 spiro atoms. The molecule has 2 rings (SSSR count). The highest BCUT2D eigenvalue weighted by Gasteiger charge is 2.30. The predicted molar refractivity (Wildman–Crippen MR) is 73.6 cm³/mol. The van der Waals surface area contributed by atoms with Crippen molar-refractivity contribution in [2.75, 3.05) is 0 Å². The largest absolute Gasteiger partial charge is 0.508 e. The summed E-state index contributed by atoms with van der Waals surface area (Å²) in [6.07, 6.45) is 0. The maximum Gasteiger partial charge on any atom is 0.319 e. The molecule has 0 radical (unpaired) electrons. The quantitative estimate of drug-likeness (QED) is 0.781. The molecular formula is C13H13BrN2O3. The third-order valence-corrected chi connectivity index (χ3v) is 3.66. The second-order valence-corrected chi connectivity index (χ2v) is 5.19. The third-order valence-electron chi connectivity index (χ3n) is 2.94. The van der Waals surface area contributed by atoms with E-state index >= 15 is 0 Å².